The first-order chi connectivity index (χ1) is 11.7. The minimum atomic E-state index is -0.537. The maximum absolute atomic E-state index is 11.9. The van der Waals surface area contributed by atoms with Gasteiger partial charge in [0.15, 0.2) is 0 Å². The van der Waals surface area contributed by atoms with E-state index in [1.807, 2.05) is 0 Å². The molecule has 0 saturated carbocycles. The molecule has 0 radical (unpaired) electrons. The van der Waals surface area contributed by atoms with Crippen LogP contribution < -0.4 is 10.6 Å². The monoisotopic (exact) mass is 355 g/mol. The molecule has 2 N–H and O–H groups in total. The third-order valence-electron chi connectivity index (χ3n) is 3.29. The molecule has 25 heavy (non-hydrogen) atoms. The molecule has 0 saturated heterocycles. The number of ether oxygens (including phenoxy) is 1. The first-order valence-electron chi connectivity index (χ1n) is 8.40. The van der Waals surface area contributed by atoms with Crippen molar-refractivity contribution in [2.45, 2.75) is 58.5 Å². The number of nitrogens with one attached hydrogen (secondary N) is 2. The number of rotatable bonds is 11. The van der Waals surface area contributed by atoms with Gasteiger partial charge < -0.3 is 15.4 Å². The maximum Gasteiger partial charge on any atom is 0.407 e. The fourth-order valence-corrected chi connectivity index (χ4v) is 2.15. The number of Topliss-reactive ketones (excluding diaryl/α,β-unsaturated/α-hetero) is 1. The van der Waals surface area contributed by atoms with Gasteiger partial charge in [-0.3, -0.25) is 9.59 Å². The minimum Gasteiger partial charge on any atom is -0.444 e. The van der Waals surface area contributed by atoms with Crippen LogP contribution >= 0.6 is 0 Å². The number of hydrogen-bond acceptors (Lipinski definition) is 5. The van der Waals surface area contributed by atoms with E-state index in [0.29, 0.717) is 25.8 Å². The molecule has 0 spiro atoms. The SMILES string of the molecule is CNC(=O)[C@H](CCCCNC(=O)OC(C)(C)C)CC(=O)CCN=[N+]=[N-]. The molecule has 0 aliphatic carbocycles. The van der Waals surface area contributed by atoms with Gasteiger partial charge in [0.05, 0.1) is 0 Å². The lowest BCUT2D eigenvalue weighted by Crippen LogP contribution is -2.33. The van der Waals surface area contributed by atoms with Crippen molar-refractivity contribution in [3.63, 3.8) is 0 Å². The second-order valence-electron chi connectivity index (χ2n) is 6.68. The van der Waals surface area contributed by atoms with Gasteiger partial charge in [-0.2, -0.15) is 0 Å². The van der Waals surface area contributed by atoms with Crippen LogP contribution in [0.5, 0.6) is 0 Å². The van der Waals surface area contributed by atoms with Crippen molar-refractivity contribution in [1.82, 2.24) is 10.6 Å². The lowest BCUT2D eigenvalue weighted by atomic mass is 9.94. The molecule has 0 aliphatic heterocycles. The molecule has 0 rings (SSSR count). The van der Waals surface area contributed by atoms with Crippen LogP contribution in [0.15, 0.2) is 5.11 Å². The Labute approximate surface area is 148 Å². The topological polar surface area (TPSA) is 133 Å². The molecule has 0 bridgehead atoms. The quantitative estimate of drug-likeness (QED) is 0.255. The summed E-state index contributed by atoms with van der Waals surface area (Å²) in [4.78, 5) is 37.8. The predicted molar refractivity (Wildman–Crippen MR) is 93.9 cm³/mol. The van der Waals surface area contributed by atoms with Gasteiger partial charge in [-0.15, -0.1) is 0 Å². The summed E-state index contributed by atoms with van der Waals surface area (Å²) in [6.45, 7) is 5.92. The predicted octanol–water partition coefficient (Wildman–Crippen LogP) is 2.70. The summed E-state index contributed by atoms with van der Waals surface area (Å²) < 4.78 is 5.13. The van der Waals surface area contributed by atoms with Gasteiger partial charge in [0.1, 0.15) is 11.4 Å². The number of carbonyl (C=O) groups excluding carboxylic acids is 3. The van der Waals surface area contributed by atoms with Crippen LogP contribution in [0.4, 0.5) is 4.79 Å². The molecule has 0 aromatic carbocycles. The Balaban J connectivity index is 4.16. The molecule has 9 nitrogen and oxygen atoms in total. The second kappa shape index (κ2) is 12.1. The summed E-state index contributed by atoms with van der Waals surface area (Å²) in [5.41, 5.74) is 7.66. The largest absolute Gasteiger partial charge is 0.444 e. The zero-order valence-electron chi connectivity index (χ0n) is 15.5. The molecule has 0 aliphatic rings. The highest BCUT2D eigenvalue weighted by Crippen LogP contribution is 2.15. The molecular weight excluding hydrogens is 326 g/mol. The minimum absolute atomic E-state index is 0.104. The van der Waals surface area contributed by atoms with E-state index in [2.05, 4.69) is 20.7 Å². The van der Waals surface area contributed by atoms with Crippen LogP contribution in [-0.2, 0) is 14.3 Å². The van der Waals surface area contributed by atoms with Gasteiger partial charge >= 0.3 is 6.09 Å². The lowest BCUT2D eigenvalue weighted by molar-refractivity contribution is -0.129. The van der Waals surface area contributed by atoms with Crippen molar-refractivity contribution in [3.8, 4) is 0 Å². The van der Waals surface area contributed by atoms with E-state index >= 15 is 0 Å². The van der Waals surface area contributed by atoms with Crippen molar-refractivity contribution in [2.75, 3.05) is 20.1 Å². The van der Waals surface area contributed by atoms with E-state index in [1.54, 1.807) is 20.8 Å². The number of unbranched alkanes of at least 4 members (excludes halogenated alkanes) is 1. The first kappa shape index (κ1) is 22.7. The van der Waals surface area contributed by atoms with Crippen LogP contribution in [0, 0.1) is 5.92 Å². The summed E-state index contributed by atoms with van der Waals surface area (Å²) in [7, 11) is 1.53. The van der Waals surface area contributed by atoms with Crippen molar-refractivity contribution in [1.29, 1.82) is 0 Å². The number of azide groups is 1. The van der Waals surface area contributed by atoms with Crippen LogP contribution in [0.25, 0.3) is 10.4 Å². The van der Waals surface area contributed by atoms with Gasteiger partial charge in [-0.1, -0.05) is 11.5 Å². The van der Waals surface area contributed by atoms with Gasteiger partial charge in [-0.05, 0) is 39.1 Å². The molecule has 142 valence electrons. The second-order valence-corrected chi connectivity index (χ2v) is 6.68. The summed E-state index contributed by atoms with van der Waals surface area (Å²) >= 11 is 0. The fraction of sp³-hybridized carbons (Fsp3) is 0.812. The Kier molecular flexibility index (Phi) is 11.0. The van der Waals surface area contributed by atoms with Crippen molar-refractivity contribution in [2.24, 2.45) is 11.0 Å². The summed E-state index contributed by atoms with van der Waals surface area (Å²) in [5.74, 6) is -0.699. The van der Waals surface area contributed by atoms with Gasteiger partial charge in [0.2, 0.25) is 5.91 Å². The summed E-state index contributed by atoms with van der Waals surface area (Å²) in [6.07, 6.45) is 1.71. The maximum atomic E-state index is 11.9. The third kappa shape index (κ3) is 12.8. The van der Waals surface area contributed by atoms with E-state index < -0.39 is 17.6 Å². The smallest absolute Gasteiger partial charge is 0.407 e. The van der Waals surface area contributed by atoms with Gasteiger partial charge in [0, 0.05) is 43.8 Å². The Bertz CT molecular complexity index is 495. The first-order valence-corrected chi connectivity index (χ1v) is 8.40. The lowest BCUT2D eigenvalue weighted by Gasteiger charge is -2.19. The zero-order chi connectivity index (χ0) is 19.3. The van der Waals surface area contributed by atoms with E-state index in [4.69, 9.17) is 10.3 Å². The average molecular weight is 355 g/mol. The van der Waals surface area contributed by atoms with Crippen molar-refractivity contribution >= 4 is 17.8 Å². The number of amides is 2. The number of hydrogen-bond donors (Lipinski definition) is 2. The summed E-state index contributed by atoms with van der Waals surface area (Å²) in [5, 5.41) is 8.54. The third-order valence-corrected chi connectivity index (χ3v) is 3.29. The van der Waals surface area contributed by atoms with Gasteiger partial charge in [-0.25, -0.2) is 4.79 Å². The highest BCUT2D eigenvalue weighted by atomic mass is 16.6. The van der Waals surface area contributed by atoms with Crippen molar-refractivity contribution in [3.05, 3.63) is 10.4 Å². The average Bonchev–Trinajstić information content (AvgIpc) is 2.51. The van der Waals surface area contributed by atoms with Crippen molar-refractivity contribution < 1.29 is 19.1 Å². The van der Waals surface area contributed by atoms with E-state index in [9.17, 15) is 14.4 Å². The van der Waals surface area contributed by atoms with E-state index in [1.165, 1.54) is 7.05 Å². The Morgan fingerprint density at radius 1 is 1.24 bits per heavy atom. The van der Waals surface area contributed by atoms with E-state index in [0.717, 1.165) is 0 Å². The van der Waals surface area contributed by atoms with Crippen LogP contribution in [0.3, 0.4) is 0 Å². The number of carbonyl (C=O) groups is 3. The standard InChI is InChI=1S/C16H29N5O4/c1-16(2,3)25-15(24)19-9-6-5-7-12(14(23)18-4)11-13(22)8-10-20-21-17/h12H,5-11H2,1-4H3,(H,18,23)(H,19,24)/t12-/m1/s1. The molecule has 0 aromatic heterocycles. The molecule has 9 heteroatoms. The Morgan fingerprint density at radius 2 is 1.92 bits per heavy atom. The molecule has 0 heterocycles. The highest BCUT2D eigenvalue weighted by Gasteiger charge is 2.20. The molecule has 0 fully saturated rings. The molecule has 0 unspecified atom stereocenters. The van der Waals surface area contributed by atoms with Crippen LogP contribution in [0.2, 0.25) is 0 Å². The number of nitrogens with zero attached hydrogens (tertiary/aromatic N) is 3. The van der Waals surface area contributed by atoms with Gasteiger partial charge in [0.25, 0.3) is 0 Å². The molecule has 0 aromatic rings. The fourth-order valence-electron chi connectivity index (χ4n) is 2.15. The number of ketones is 1. The molecule has 2 amide bonds. The molecule has 1 atom stereocenters. The van der Waals surface area contributed by atoms with Crippen LogP contribution in [-0.4, -0.2) is 43.5 Å². The summed E-state index contributed by atoms with van der Waals surface area (Å²) in [6, 6.07) is 0. The van der Waals surface area contributed by atoms with Crippen LogP contribution in [0.1, 0.15) is 52.9 Å². The normalized spacial score (nSPS) is 11.8. The number of alkyl carbamates (subject to hydrolysis) is 1. The zero-order valence-corrected chi connectivity index (χ0v) is 15.5. The van der Waals surface area contributed by atoms with E-state index in [-0.39, 0.29) is 31.1 Å². The Morgan fingerprint density at radius 3 is 2.48 bits per heavy atom. The molecular formula is C16H29N5O4. The Hall–Kier alpha value is -2.28. The highest BCUT2D eigenvalue weighted by molar-refractivity contribution is 5.86.